The monoisotopic (exact) mass is 394 g/mol. The number of carbonyl (C=O) groups excluding carboxylic acids is 2. The van der Waals surface area contributed by atoms with E-state index < -0.39 is 28.4 Å². The van der Waals surface area contributed by atoms with Crippen molar-refractivity contribution in [1.82, 2.24) is 15.9 Å². The number of urea groups is 1. The number of nitrogens with two attached hydrogens (primary N) is 1. The topological polar surface area (TPSA) is 160 Å². The second-order valence-electron chi connectivity index (χ2n) is 5.03. The average Bonchev–Trinajstić information content (AvgIpc) is 3.03. The van der Waals surface area contributed by atoms with Gasteiger partial charge in [0.25, 0.3) is 5.91 Å². The highest BCUT2D eigenvalue weighted by Gasteiger charge is 2.37. The van der Waals surface area contributed by atoms with Gasteiger partial charge >= 0.3 is 16.4 Å². The summed E-state index contributed by atoms with van der Waals surface area (Å²) in [6.07, 6.45) is 1.03. The third kappa shape index (κ3) is 5.35. The summed E-state index contributed by atoms with van der Waals surface area (Å²) in [4.78, 5) is 31.3. The SMILES string of the molecule is NCCCONC(=O)[C@@H]1c2sccc2CCN1C(=O)NOS(=O)(=O)O. The molecule has 11 nitrogen and oxygen atoms in total. The molecule has 0 fully saturated rings. The molecule has 0 saturated carbocycles. The summed E-state index contributed by atoms with van der Waals surface area (Å²) < 4.78 is 33.6. The Hall–Kier alpha value is -1.77. The normalized spacial score (nSPS) is 17.0. The molecule has 0 unspecified atom stereocenters. The van der Waals surface area contributed by atoms with Crippen LogP contribution in [0.2, 0.25) is 0 Å². The Balaban J connectivity index is 2.11. The molecule has 0 aromatic carbocycles. The highest BCUT2D eigenvalue weighted by Crippen LogP contribution is 2.34. The van der Waals surface area contributed by atoms with Crippen molar-refractivity contribution in [2.75, 3.05) is 19.7 Å². The zero-order valence-corrected chi connectivity index (χ0v) is 14.6. The molecule has 0 radical (unpaired) electrons. The molecular weight excluding hydrogens is 376 g/mol. The van der Waals surface area contributed by atoms with Crippen LogP contribution in [0.3, 0.4) is 0 Å². The highest BCUT2D eigenvalue weighted by atomic mass is 32.3. The van der Waals surface area contributed by atoms with E-state index in [4.69, 9.17) is 15.1 Å². The number of hydroxylamine groups is 2. The van der Waals surface area contributed by atoms with E-state index in [1.165, 1.54) is 11.3 Å². The summed E-state index contributed by atoms with van der Waals surface area (Å²) in [6.45, 7) is 0.755. The Morgan fingerprint density at radius 1 is 1.44 bits per heavy atom. The molecule has 1 aromatic heterocycles. The molecule has 2 rings (SSSR count). The molecule has 0 aliphatic carbocycles. The maximum Gasteiger partial charge on any atom is 0.418 e. The number of rotatable bonds is 7. The van der Waals surface area contributed by atoms with Crippen LogP contribution < -0.4 is 16.7 Å². The second kappa shape index (κ2) is 8.55. The fourth-order valence-electron chi connectivity index (χ4n) is 2.27. The van der Waals surface area contributed by atoms with Crippen molar-refractivity contribution in [3.8, 4) is 0 Å². The van der Waals surface area contributed by atoms with Gasteiger partial charge in [0.15, 0.2) is 0 Å². The molecule has 0 saturated heterocycles. The lowest BCUT2D eigenvalue weighted by Crippen LogP contribution is -2.50. The first-order valence-corrected chi connectivity index (χ1v) is 9.48. The third-order valence-electron chi connectivity index (χ3n) is 3.33. The van der Waals surface area contributed by atoms with E-state index in [0.29, 0.717) is 24.3 Å². The first kappa shape index (κ1) is 19.6. The number of nitrogens with zero attached hydrogens (tertiary/aromatic N) is 1. The Bertz CT molecular complexity index is 721. The molecule has 25 heavy (non-hydrogen) atoms. The Morgan fingerprint density at radius 2 is 2.20 bits per heavy atom. The Kier molecular flexibility index (Phi) is 6.69. The van der Waals surface area contributed by atoms with Gasteiger partial charge in [-0.3, -0.25) is 14.2 Å². The predicted molar refractivity (Wildman–Crippen MR) is 86.4 cm³/mol. The van der Waals surface area contributed by atoms with E-state index in [1.807, 2.05) is 6.07 Å². The fraction of sp³-hybridized carbons (Fsp3) is 0.500. The summed E-state index contributed by atoms with van der Waals surface area (Å²) in [5, 5.41) is 1.79. The number of hydrogen-bond donors (Lipinski definition) is 4. The highest BCUT2D eigenvalue weighted by molar-refractivity contribution is 7.80. The molecule has 5 N–H and O–H groups in total. The van der Waals surface area contributed by atoms with Crippen molar-refractivity contribution >= 4 is 33.7 Å². The van der Waals surface area contributed by atoms with E-state index in [-0.39, 0.29) is 13.2 Å². The fourth-order valence-corrected chi connectivity index (χ4v) is 3.51. The first-order valence-electron chi connectivity index (χ1n) is 7.24. The first-order chi connectivity index (χ1) is 11.8. The molecule has 2 heterocycles. The standard InChI is InChI=1S/C12H18N4O7S2/c13-4-1-6-22-14-11(17)9-10-8(3-7-24-10)2-5-16(9)12(18)15-23-25(19,20)21/h3,7,9H,1-2,4-6,13H2,(H,14,17)(H,15,18)(H,19,20,21)/t9-/m0/s1. The Labute approximate surface area is 147 Å². The smallest absolute Gasteiger partial charge is 0.330 e. The van der Waals surface area contributed by atoms with Gasteiger partial charge in [-0.05, 0) is 36.4 Å². The van der Waals surface area contributed by atoms with Gasteiger partial charge in [0.05, 0.1) is 6.61 Å². The molecule has 1 aromatic rings. The number of nitrogens with one attached hydrogen (secondary N) is 2. The lowest BCUT2D eigenvalue weighted by Gasteiger charge is -2.33. The van der Waals surface area contributed by atoms with Crippen LogP contribution in [-0.2, 0) is 30.7 Å². The van der Waals surface area contributed by atoms with Gasteiger partial charge in [-0.1, -0.05) is 0 Å². The van der Waals surface area contributed by atoms with Crippen molar-refractivity contribution in [3.05, 3.63) is 21.9 Å². The summed E-state index contributed by atoms with van der Waals surface area (Å²) in [7, 11) is -4.86. The van der Waals surface area contributed by atoms with E-state index in [0.717, 1.165) is 10.5 Å². The van der Waals surface area contributed by atoms with Crippen LogP contribution in [0.15, 0.2) is 11.4 Å². The lowest BCUT2D eigenvalue weighted by molar-refractivity contribution is -0.138. The van der Waals surface area contributed by atoms with E-state index >= 15 is 0 Å². The summed E-state index contributed by atoms with van der Waals surface area (Å²) in [5.74, 6) is -0.595. The second-order valence-corrected chi connectivity index (χ2v) is 7.00. The number of thiophene rings is 1. The van der Waals surface area contributed by atoms with Crippen molar-refractivity contribution in [2.45, 2.75) is 18.9 Å². The maximum atomic E-state index is 12.4. The lowest BCUT2D eigenvalue weighted by atomic mass is 10.0. The van der Waals surface area contributed by atoms with Gasteiger partial charge in [0.1, 0.15) is 6.04 Å². The molecule has 1 aliphatic heterocycles. The molecule has 1 aliphatic rings. The van der Waals surface area contributed by atoms with E-state index in [9.17, 15) is 18.0 Å². The minimum Gasteiger partial charge on any atom is -0.330 e. The van der Waals surface area contributed by atoms with E-state index in [2.05, 4.69) is 9.76 Å². The molecule has 1 atom stereocenters. The van der Waals surface area contributed by atoms with Crippen molar-refractivity contribution < 1.29 is 31.7 Å². The van der Waals surface area contributed by atoms with Gasteiger partial charge in [0, 0.05) is 11.4 Å². The summed E-state index contributed by atoms with van der Waals surface area (Å²) in [5.41, 5.74) is 10.1. The average molecular weight is 394 g/mol. The van der Waals surface area contributed by atoms with Gasteiger partial charge < -0.3 is 10.6 Å². The van der Waals surface area contributed by atoms with Crippen molar-refractivity contribution in [3.63, 3.8) is 0 Å². The van der Waals surface area contributed by atoms with Gasteiger partial charge in [0.2, 0.25) is 0 Å². The minimum atomic E-state index is -4.86. The minimum absolute atomic E-state index is 0.144. The van der Waals surface area contributed by atoms with Crippen molar-refractivity contribution in [1.29, 1.82) is 0 Å². The molecule has 0 spiro atoms. The number of fused-ring (bicyclic) bond motifs is 1. The zero-order chi connectivity index (χ0) is 18.4. The van der Waals surface area contributed by atoms with Crippen LogP contribution in [0.25, 0.3) is 0 Å². The van der Waals surface area contributed by atoms with Gasteiger partial charge in [-0.2, -0.15) is 13.9 Å². The third-order valence-corrected chi connectivity index (χ3v) is 4.64. The number of hydrogen-bond acceptors (Lipinski definition) is 8. The van der Waals surface area contributed by atoms with E-state index in [1.54, 1.807) is 10.9 Å². The number of carbonyl (C=O) groups is 2. The summed E-state index contributed by atoms with van der Waals surface area (Å²) in [6, 6.07) is -0.162. The largest absolute Gasteiger partial charge is 0.418 e. The molecule has 3 amide bonds. The van der Waals surface area contributed by atoms with Crippen molar-refractivity contribution in [2.24, 2.45) is 5.73 Å². The molecular formula is C12H18N4O7S2. The van der Waals surface area contributed by atoms with Crippen LogP contribution in [0.1, 0.15) is 22.9 Å². The van der Waals surface area contributed by atoms with Gasteiger partial charge in [-0.25, -0.2) is 10.3 Å². The zero-order valence-electron chi connectivity index (χ0n) is 13.0. The summed E-state index contributed by atoms with van der Waals surface area (Å²) >= 11 is 1.28. The Morgan fingerprint density at radius 3 is 2.88 bits per heavy atom. The quantitative estimate of drug-likeness (QED) is 0.273. The number of amides is 3. The molecule has 13 heteroatoms. The van der Waals surface area contributed by atoms with Crippen LogP contribution in [0.5, 0.6) is 0 Å². The van der Waals surface area contributed by atoms with Crippen LogP contribution in [-0.4, -0.2) is 49.5 Å². The molecule has 140 valence electrons. The maximum absolute atomic E-state index is 12.4. The predicted octanol–water partition coefficient (Wildman–Crippen LogP) is -0.512. The van der Waals surface area contributed by atoms with Gasteiger partial charge in [-0.15, -0.1) is 15.6 Å². The van der Waals surface area contributed by atoms with Crippen LogP contribution in [0.4, 0.5) is 4.79 Å². The van der Waals surface area contributed by atoms with Crippen LogP contribution >= 0.6 is 11.3 Å². The molecule has 0 bridgehead atoms. The van der Waals surface area contributed by atoms with Crippen LogP contribution in [0, 0.1) is 0 Å².